The summed E-state index contributed by atoms with van der Waals surface area (Å²) in [6.45, 7) is 3.77. The van der Waals surface area contributed by atoms with Crippen LogP contribution in [0.1, 0.15) is 25.8 Å². The monoisotopic (exact) mass is 397 g/mol. The lowest BCUT2D eigenvalue weighted by molar-refractivity contribution is -0.130. The van der Waals surface area contributed by atoms with E-state index in [9.17, 15) is 14.4 Å². The minimum atomic E-state index is -0.200. The van der Waals surface area contributed by atoms with Crippen LogP contribution in [0, 0.1) is 0 Å². The third-order valence-corrected chi connectivity index (χ3v) is 4.35. The van der Waals surface area contributed by atoms with Crippen LogP contribution in [-0.2, 0) is 20.9 Å². The molecule has 0 unspecified atom stereocenters. The van der Waals surface area contributed by atoms with E-state index in [0.717, 1.165) is 5.56 Å². The lowest BCUT2D eigenvalue weighted by Gasteiger charge is -2.21. The van der Waals surface area contributed by atoms with Gasteiger partial charge in [-0.3, -0.25) is 14.4 Å². The van der Waals surface area contributed by atoms with Crippen molar-refractivity contribution in [3.8, 4) is 11.5 Å². The van der Waals surface area contributed by atoms with Gasteiger partial charge in [0.05, 0.1) is 0 Å². The lowest BCUT2D eigenvalue weighted by atomic mass is 10.2. The molecule has 8 nitrogen and oxygen atoms in total. The maximum atomic E-state index is 12.3. The van der Waals surface area contributed by atoms with Crippen LogP contribution in [-0.4, -0.2) is 36.0 Å². The fraction of sp³-hybridized carbons (Fsp3) is 0.286. The van der Waals surface area contributed by atoms with Crippen LogP contribution < -0.4 is 20.1 Å². The second-order valence-corrected chi connectivity index (χ2v) is 6.68. The number of amides is 3. The molecule has 1 aliphatic heterocycles. The van der Waals surface area contributed by atoms with Crippen molar-refractivity contribution in [1.29, 1.82) is 0 Å². The van der Waals surface area contributed by atoms with Gasteiger partial charge in [0.2, 0.25) is 24.5 Å². The zero-order valence-electron chi connectivity index (χ0n) is 16.4. The highest BCUT2D eigenvalue weighted by atomic mass is 16.7. The molecule has 0 fully saturated rings. The first-order chi connectivity index (χ1) is 13.9. The first kappa shape index (κ1) is 20.2. The van der Waals surface area contributed by atoms with Crippen molar-refractivity contribution in [2.45, 2.75) is 26.8 Å². The van der Waals surface area contributed by atoms with E-state index in [-0.39, 0.29) is 30.9 Å². The van der Waals surface area contributed by atoms with Gasteiger partial charge < -0.3 is 25.0 Å². The summed E-state index contributed by atoms with van der Waals surface area (Å²) in [6.07, 6.45) is 0.164. The summed E-state index contributed by atoms with van der Waals surface area (Å²) < 4.78 is 10.7. The van der Waals surface area contributed by atoms with Crippen LogP contribution in [0.15, 0.2) is 42.5 Å². The summed E-state index contributed by atoms with van der Waals surface area (Å²) >= 11 is 0. The fourth-order valence-corrected chi connectivity index (χ4v) is 2.91. The molecule has 152 valence electrons. The van der Waals surface area contributed by atoms with Crippen molar-refractivity contribution >= 4 is 29.1 Å². The number of hydrogen-bond acceptors (Lipinski definition) is 5. The molecule has 0 bridgehead atoms. The summed E-state index contributed by atoms with van der Waals surface area (Å²) in [5.74, 6) is 0.872. The molecule has 0 saturated carbocycles. The number of nitrogens with one attached hydrogen (secondary N) is 2. The predicted molar refractivity (Wildman–Crippen MR) is 108 cm³/mol. The second kappa shape index (κ2) is 9.09. The highest BCUT2D eigenvalue weighted by Crippen LogP contribution is 2.32. The number of benzene rings is 2. The maximum Gasteiger partial charge on any atom is 0.231 e. The summed E-state index contributed by atoms with van der Waals surface area (Å²) in [4.78, 5) is 36.9. The smallest absolute Gasteiger partial charge is 0.231 e. The van der Waals surface area contributed by atoms with E-state index >= 15 is 0 Å². The van der Waals surface area contributed by atoms with Crippen molar-refractivity contribution in [2.75, 3.05) is 24.0 Å². The Kier molecular flexibility index (Phi) is 6.33. The molecule has 0 radical (unpaired) electrons. The van der Waals surface area contributed by atoms with E-state index in [1.54, 1.807) is 29.2 Å². The molecule has 29 heavy (non-hydrogen) atoms. The zero-order valence-corrected chi connectivity index (χ0v) is 16.4. The number of carbonyl (C=O) groups excluding carboxylic acids is 3. The SMILES string of the molecule is CC(=O)Nc1ccc(NC(=O)CCN(Cc2ccc3c(c2)OCO3)C(C)=O)cc1. The van der Waals surface area contributed by atoms with Crippen molar-refractivity contribution in [1.82, 2.24) is 4.90 Å². The Morgan fingerprint density at radius 3 is 2.24 bits per heavy atom. The zero-order chi connectivity index (χ0) is 20.8. The van der Waals surface area contributed by atoms with Crippen LogP contribution >= 0.6 is 0 Å². The van der Waals surface area contributed by atoms with E-state index in [0.29, 0.717) is 36.0 Å². The van der Waals surface area contributed by atoms with Crippen molar-refractivity contribution < 1.29 is 23.9 Å². The molecule has 3 rings (SSSR count). The number of nitrogens with zero attached hydrogens (tertiary/aromatic N) is 1. The van der Waals surface area contributed by atoms with Gasteiger partial charge in [-0.15, -0.1) is 0 Å². The average molecular weight is 397 g/mol. The van der Waals surface area contributed by atoms with Gasteiger partial charge in [-0.05, 0) is 42.0 Å². The Labute approximate surface area is 168 Å². The Balaban J connectivity index is 1.52. The predicted octanol–water partition coefficient (Wildman–Crippen LogP) is 2.75. The number of rotatable bonds is 7. The minimum Gasteiger partial charge on any atom is -0.454 e. The van der Waals surface area contributed by atoms with E-state index in [1.165, 1.54) is 13.8 Å². The third-order valence-electron chi connectivity index (χ3n) is 4.35. The summed E-state index contributed by atoms with van der Waals surface area (Å²) in [5.41, 5.74) is 2.18. The Bertz CT molecular complexity index is 911. The van der Waals surface area contributed by atoms with Crippen molar-refractivity contribution in [3.05, 3.63) is 48.0 Å². The van der Waals surface area contributed by atoms with Gasteiger partial charge >= 0.3 is 0 Å². The van der Waals surface area contributed by atoms with Crippen molar-refractivity contribution in [2.24, 2.45) is 0 Å². The number of fused-ring (bicyclic) bond motifs is 1. The Hall–Kier alpha value is -3.55. The number of hydrogen-bond donors (Lipinski definition) is 2. The summed E-state index contributed by atoms with van der Waals surface area (Å²) in [6, 6.07) is 12.4. The largest absolute Gasteiger partial charge is 0.454 e. The molecule has 2 N–H and O–H groups in total. The molecular formula is C21H23N3O5. The molecule has 0 atom stereocenters. The molecule has 8 heteroatoms. The Morgan fingerprint density at radius 2 is 1.59 bits per heavy atom. The van der Waals surface area contributed by atoms with Gasteiger partial charge in [-0.25, -0.2) is 0 Å². The number of carbonyl (C=O) groups is 3. The topological polar surface area (TPSA) is 97.0 Å². The molecule has 1 aliphatic rings. The molecule has 2 aromatic rings. The van der Waals surface area contributed by atoms with Crippen LogP contribution in [0.5, 0.6) is 11.5 Å². The van der Waals surface area contributed by atoms with Gasteiger partial charge in [0.15, 0.2) is 11.5 Å². The first-order valence-electron chi connectivity index (χ1n) is 9.22. The quantitative estimate of drug-likeness (QED) is 0.749. The second-order valence-electron chi connectivity index (χ2n) is 6.68. The summed E-state index contributed by atoms with van der Waals surface area (Å²) in [7, 11) is 0. The number of ether oxygens (including phenoxy) is 2. The first-order valence-corrected chi connectivity index (χ1v) is 9.22. The van der Waals surface area contributed by atoms with Gasteiger partial charge in [-0.1, -0.05) is 6.07 Å². The van der Waals surface area contributed by atoms with Crippen LogP contribution in [0.2, 0.25) is 0 Å². The van der Waals surface area contributed by atoms with E-state index < -0.39 is 0 Å². The average Bonchev–Trinajstić information content (AvgIpc) is 3.14. The normalized spacial score (nSPS) is 11.7. The minimum absolute atomic E-state index is 0.116. The molecule has 1 heterocycles. The fourth-order valence-electron chi connectivity index (χ4n) is 2.91. The highest BCUT2D eigenvalue weighted by molar-refractivity contribution is 5.92. The van der Waals surface area contributed by atoms with Gasteiger partial charge in [0.1, 0.15) is 0 Å². The van der Waals surface area contributed by atoms with E-state index in [1.807, 2.05) is 18.2 Å². The number of anilines is 2. The van der Waals surface area contributed by atoms with Crippen LogP contribution in [0.3, 0.4) is 0 Å². The molecule has 0 aliphatic carbocycles. The molecule has 3 amide bonds. The van der Waals surface area contributed by atoms with E-state index in [2.05, 4.69) is 10.6 Å². The van der Waals surface area contributed by atoms with Gasteiger partial charge in [0.25, 0.3) is 0 Å². The van der Waals surface area contributed by atoms with Gasteiger partial charge in [-0.2, -0.15) is 0 Å². The standard InChI is InChI=1S/C21H23N3O5/c1-14(25)22-17-4-6-18(7-5-17)23-21(27)9-10-24(15(2)26)12-16-3-8-19-20(11-16)29-13-28-19/h3-8,11H,9-10,12-13H2,1-2H3,(H,22,25)(H,23,27). The molecule has 0 spiro atoms. The molecular weight excluding hydrogens is 374 g/mol. The molecule has 0 aromatic heterocycles. The highest BCUT2D eigenvalue weighted by Gasteiger charge is 2.16. The Morgan fingerprint density at radius 1 is 0.931 bits per heavy atom. The maximum absolute atomic E-state index is 12.3. The van der Waals surface area contributed by atoms with E-state index in [4.69, 9.17) is 9.47 Å². The van der Waals surface area contributed by atoms with Gasteiger partial charge in [0, 0.05) is 44.7 Å². The molecule has 2 aromatic carbocycles. The summed E-state index contributed by atoms with van der Waals surface area (Å²) in [5, 5.41) is 5.45. The lowest BCUT2D eigenvalue weighted by Crippen LogP contribution is -2.31. The van der Waals surface area contributed by atoms with Crippen molar-refractivity contribution in [3.63, 3.8) is 0 Å². The molecule has 0 saturated heterocycles. The van der Waals surface area contributed by atoms with Crippen LogP contribution in [0.4, 0.5) is 11.4 Å². The van der Waals surface area contributed by atoms with Crippen LogP contribution in [0.25, 0.3) is 0 Å². The third kappa shape index (κ3) is 5.71.